The van der Waals surface area contributed by atoms with E-state index in [1.54, 1.807) is 12.1 Å². The summed E-state index contributed by atoms with van der Waals surface area (Å²) in [6.07, 6.45) is 1.14. The Kier molecular flexibility index (Phi) is 2.98. The zero-order chi connectivity index (χ0) is 10.7. The predicted octanol–water partition coefficient (Wildman–Crippen LogP) is 2.57. The first-order valence-corrected chi connectivity index (χ1v) is 5.14. The second-order valence-electron chi connectivity index (χ2n) is 3.25. The Bertz CT molecular complexity index is 412. The monoisotopic (exact) mass is 223 g/mol. The summed E-state index contributed by atoms with van der Waals surface area (Å²) in [7, 11) is 0. The second-order valence-corrected chi connectivity index (χ2v) is 3.66. The molecule has 0 aliphatic carbocycles. The number of hydrogen-bond donors (Lipinski definition) is 0. The lowest BCUT2D eigenvalue weighted by atomic mass is 10.1. The van der Waals surface area contributed by atoms with Gasteiger partial charge in [-0.05, 0) is 6.07 Å². The van der Waals surface area contributed by atoms with Crippen molar-refractivity contribution in [1.29, 1.82) is 5.26 Å². The largest absolute Gasteiger partial charge is 0.489 e. The molecular formula is C11H10ClNO2. The maximum absolute atomic E-state index is 8.68. The zero-order valence-corrected chi connectivity index (χ0v) is 8.88. The fourth-order valence-electron chi connectivity index (χ4n) is 1.50. The first kappa shape index (κ1) is 10.1. The summed E-state index contributed by atoms with van der Waals surface area (Å²) < 4.78 is 11.1. The Morgan fingerprint density at radius 2 is 2.00 bits per heavy atom. The molecule has 0 unspecified atom stereocenters. The highest BCUT2D eigenvalue weighted by molar-refractivity contribution is 6.32. The minimum atomic E-state index is 0.308. The van der Waals surface area contributed by atoms with E-state index in [1.165, 1.54) is 0 Å². The number of rotatable bonds is 1. The Hall–Kier alpha value is -1.40. The van der Waals surface area contributed by atoms with E-state index in [4.69, 9.17) is 26.3 Å². The molecular weight excluding hydrogens is 214 g/mol. The lowest BCUT2D eigenvalue weighted by molar-refractivity contribution is 0.296. The van der Waals surface area contributed by atoms with Crippen molar-refractivity contribution in [2.75, 3.05) is 13.2 Å². The highest BCUT2D eigenvalue weighted by atomic mass is 35.5. The van der Waals surface area contributed by atoms with Gasteiger partial charge in [0.05, 0.1) is 30.7 Å². The van der Waals surface area contributed by atoms with E-state index in [1.807, 2.05) is 0 Å². The smallest absolute Gasteiger partial charge is 0.180 e. The summed E-state index contributed by atoms with van der Waals surface area (Å²) in [6.45, 7) is 1.20. The number of halogens is 1. The Morgan fingerprint density at radius 1 is 1.27 bits per heavy atom. The maximum atomic E-state index is 8.68. The molecule has 1 heterocycles. The Balaban J connectivity index is 2.47. The van der Waals surface area contributed by atoms with E-state index < -0.39 is 0 Å². The maximum Gasteiger partial charge on any atom is 0.180 e. The van der Waals surface area contributed by atoms with Crippen molar-refractivity contribution in [1.82, 2.24) is 0 Å². The van der Waals surface area contributed by atoms with Crippen LogP contribution in [0.2, 0.25) is 5.02 Å². The molecule has 1 aliphatic rings. The van der Waals surface area contributed by atoms with Gasteiger partial charge in [-0.25, -0.2) is 0 Å². The van der Waals surface area contributed by atoms with Gasteiger partial charge < -0.3 is 9.47 Å². The van der Waals surface area contributed by atoms with Crippen molar-refractivity contribution >= 4 is 11.6 Å². The third-order valence-electron chi connectivity index (χ3n) is 2.20. The fourth-order valence-corrected chi connectivity index (χ4v) is 1.71. The van der Waals surface area contributed by atoms with Gasteiger partial charge in [0.25, 0.3) is 0 Å². The average Bonchev–Trinajstić information content (AvgIpc) is 2.48. The number of nitrogens with zero attached hydrogens (tertiary/aromatic N) is 1. The molecule has 0 saturated heterocycles. The summed E-state index contributed by atoms with van der Waals surface area (Å²) in [5.74, 6) is 1.20. The van der Waals surface area contributed by atoms with Gasteiger partial charge in [0.1, 0.15) is 0 Å². The molecule has 2 rings (SSSR count). The quantitative estimate of drug-likeness (QED) is 0.735. The SMILES string of the molecule is N#CCc1ccc(Cl)c2c1OCCCO2. The summed E-state index contributed by atoms with van der Waals surface area (Å²) >= 11 is 6.00. The highest BCUT2D eigenvalue weighted by Crippen LogP contribution is 2.39. The van der Waals surface area contributed by atoms with E-state index in [2.05, 4.69) is 6.07 Å². The van der Waals surface area contributed by atoms with E-state index >= 15 is 0 Å². The molecule has 1 aromatic carbocycles. The lowest BCUT2D eigenvalue weighted by Crippen LogP contribution is -1.98. The van der Waals surface area contributed by atoms with Crippen LogP contribution >= 0.6 is 11.6 Å². The van der Waals surface area contributed by atoms with Crippen LogP contribution in [0.4, 0.5) is 0 Å². The van der Waals surface area contributed by atoms with Crippen molar-refractivity contribution < 1.29 is 9.47 Å². The molecule has 1 aromatic rings. The standard InChI is InChI=1S/C11H10ClNO2/c12-9-3-2-8(4-5-13)10-11(9)15-7-1-6-14-10/h2-3H,1,4,6-7H2. The first-order chi connectivity index (χ1) is 7.33. The average molecular weight is 224 g/mol. The van der Waals surface area contributed by atoms with Crippen LogP contribution in [0.15, 0.2) is 12.1 Å². The molecule has 4 heteroatoms. The summed E-state index contributed by atoms with van der Waals surface area (Å²) in [6, 6.07) is 5.64. The normalized spacial score (nSPS) is 14.1. The van der Waals surface area contributed by atoms with Crippen molar-refractivity contribution in [2.24, 2.45) is 0 Å². The van der Waals surface area contributed by atoms with Crippen LogP contribution in [0, 0.1) is 11.3 Å². The van der Waals surface area contributed by atoms with Crippen LogP contribution in [-0.2, 0) is 6.42 Å². The molecule has 3 nitrogen and oxygen atoms in total. The van der Waals surface area contributed by atoms with Gasteiger partial charge in [-0.1, -0.05) is 17.7 Å². The number of fused-ring (bicyclic) bond motifs is 1. The van der Waals surface area contributed by atoms with E-state index in [0.29, 0.717) is 36.2 Å². The topological polar surface area (TPSA) is 42.2 Å². The minimum absolute atomic E-state index is 0.308. The van der Waals surface area contributed by atoms with Crippen LogP contribution in [0.3, 0.4) is 0 Å². The fraction of sp³-hybridized carbons (Fsp3) is 0.364. The molecule has 0 fully saturated rings. The molecule has 0 saturated carbocycles. The summed E-state index contributed by atoms with van der Waals surface area (Å²) in [5.41, 5.74) is 0.832. The highest BCUT2D eigenvalue weighted by Gasteiger charge is 2.17. The van der Waals surface area contributed by atoms with Gasteiger partial charge in [0.15, 0.2) is 11.5 Å². The number of benzene rings is 1. The molecule has 0 aromatic heterocycles. The Morgan fingerprint density at radius 3 is 2.73 bits per heavy atom. The van der Waals surface area contributed by atoms with Gasteiger partial charge >= 0.3 is 0 Å². The molecule has 0 spiro atoms. The third-order valence-corrected chi connectivity index (χ3v) is 2.49. The minimum Gasteiger partial charge on any atom is -0.489 e. The molecule has 0 atom stereocenters. The van der Waals surface area contributed by atoms with E-state index in [0.717, 1.165) is 12.0 Å². The third kappa shape index (κ3) is 2.00. The molecule has 1 aliphatic heterocycles. The molecule has 15 heavy (non-hydrogen) atoms. The van der Waals surface area contributed by atoms with Crippen LogP contribution in [0.1, 0.15) is 12.0 Å². The van der Waals surface area contributed by atoms with Gasteiger partial charge in [0.2, 0.25) is 0 Å². The summed E-state index contributed by atoms with van der Waals surface area (Å²) in [5, 5.41) is 9.22. The van der Waals surface area contributed by atoms with Crippen molar-refractivity contribution in [3.8, 4) is 17.6 Å². The molecule has 0 N–H and O–H groups in total. The second kappa shape index (κ2) is 4.41. The van der Waals surface area contributed by atoms with Gasteiger partial charge in [0, 0.05) is 12.0 Å². The van der Waals surface area contributed by atoms with Gasteiger partial charge in [-0.3, -0.25) is 0 Å². The van der Waals surface area contributed by atoms with Crippen LogP contribution in [0.25, 0.3) is 0 Å². The molecule has 0 amide bonds. The van der Waals surface area contributed by atoms with Gasteiger partial charge in [-0.15, -0.1) is 0 Å². The van der Waals surface area contributed by atoms with E-state index in [9.17, 15) is 0 Å². The summed E-state index contributed by atoms with van der Waals surface area (Å²) in [4.78, 5) is 0. The van der Waals surface area contributed by atoms with Crippen molar-refractivity contribution in [3.05, 3.63) is 22.7 Å². The first-order valence-electron chi connectivity index (χ1n) is 4.77. The number of nitriles is 1. The molecule has 78 valence electrons. The molecule has 0 radical (unpaired) electrons. The molecule has 0 bridgehead atoms. The van der Waals surface area contributed by atoms with Gasteiger partial charge in [-0.2, -0.15) is 5.26 Å². The van der Waals surface area contributed by atoms with Crippen molar-refractivity contribution in [3.63, 3.8) is 0 Å². The van der Waals surface area contributed by atoms with Crippen molar-refractivity contribution in [2.45, 2.75) is 12.8 Å². The van der Waals surface area contributed by atoms with Crippen LogP contribution < -0.4 is 9.47 Å². The zero-order valence-electron chi connectivity index (χ0n) is 8.12. The van der Waals surface area contributed by atoms with Crippen LogP contribution in [0.5, 0.6) is 11.5 Å². The Labute approximate surface area is 93.2 Å². The van der Waals surface area contributed by atoms with E-state index in [-0.39, 0.29) is 0 Å². The number of ether oxygens (including phenoxy) is 2. The predicted molar refractivity (Wildman–Crippen MR) is 56.4 cm³/mol. The lowest BCUT2D eigenvalue weighted by Gasteiger charge is -2.11. The van der Waals surface area contributed by atoms with Crippen LogP contribution in [-0.4, -0.2) is 13.2 Å². The number of hydrogen-bond acceptors (Lipinski definition) is 3.